The van der Waals surface area contributed by atoms with Crippen molar-refractivity contribution in [2.24, 2.45) is 5.92 Å². The molecule has 0 radical (unpaired) electrons. The van der Waals surface area contributed by atoms with E-state index in [9.17, 15) is 0 Å². The lowest BCUT2D eigenvalue weighted by Crippen LogP contribution is -2.19. The molecule has 11 heavy (non-hydrogen) atoms. The van der Waals surface area contributed by atoms with Gasteiger partial charge >= 0.3 is 0 Å². The fourth-order valence-electron chi connectivity index (χ4n) is 1.37. The summed E-state index contributed by atoms with van der Waals surface area (Å²) >= 11 is 5.97. The molecule has 1 aliphatic rings. The van der Waals surface area contributed by atoms with Crippen molar-refractivity contribution in [1.82, 2.24) is 0 Å². The van der Waals surface area contributed by atoms with E-state index in [2.05, 4.69) is 13.8 Å². The van der Waals surface area contributed by atoms with E-state index in [1.54, 1.807) is 0 Å². The summed E-state index contributed by atoms with van der Waals surface area (Å²) in [4.78, 5) is 0. The van der Waals surface area contributed by atoms with E-state index >= 15 is 0 Å². The zero-order valence-electron chi connectivity index (χ0n) is 7.35. The lowest BCUT2D eigenvalue weighted by molar-refractivity contribution is 0.0145. The highest BCUT2D eigenvalue weighted by molar-refractivity contribution is 6.19. The first-order valence-corrected chi connectivity index (χ1v) is 4.93. The fraction of sp³-hybridized carbons (Fsp3) is 1.00. The van der Waals surface area contributed by atoms with Gasteiger partial charge in [0.1, 0.15) is 5.56 Å². The Bertz CT molecular complexity index is 108. The Morgan fingerprint density at radius 2 is 1.82 bits per heavy atom. The Hall–Kier alpha value is 0.250. The first kappa shape index (κ1) is 9.34. The zero-order chi connectivity index (χ0) is 8.27. The van der Waals surface area contributed by atoms with Crippen LogP contribution in [-0.2, 0) is 4.74 Å². The number of rotatable bonds is 3. The predicted molar refractivity (Wildman–Crippen MR) is 47.8 cm³/mol. The maximum absolute atomic E-state index is 5.97. The lowest BCUT2D eigenvalue weighted by Gasteiger charge is -2.19. The number of alkyl halides is 1. The van der Waals surface area contributed by atoms with E-state index in [1.165, 1.54) is 25.7 Å². The molecule has 1 fully saturated rings. The molecule has 1 atom stereocenters. The van der Waals surface area contributed by atoms with Gasteiger partial charge in [-0.25, -0.2) is 0 Å². The van der Waals surface area contributed by atoms with Gasteiger partial charge in [0.15, 0.2) is 0 Å². The molecule has 2 heteroatoms. The Morgan fingerprint density at radius 1 is 1.27 bits per heavy atom. The van der Waals surface area contributed by atoms with Gasteiger partial charge in [0.25, 0.3) is 0 Å². The number of halogens is 1. The van der Waals surface area contributed by atoms with Crippen LogP contribution in [0.5, 0.6) is 0 Å². The van der Waals surface area contributed by atoms with Crippen molar-refractivity contribution in [2.75, 3.05) is 0 Å². The molecular weight excluding hydrogens is 160 g/mol. The Morgan fingerprint density at radius 3 is 2.27 bits per heavy atom. The van der Waals surface area contributed by atoms with E-state index in [1.807, 2.05) is 0 Å². The standard InChI is InChI=1S/C9H17ClO/c1-7(2)9(10)11-8-5-3-4-6-8/h7-9H,3-6H2,1-2H3. The third-order valence-electron chi connectivity index (χ3n) is 2.15. The second-order valence-electron chi connectivity index (χ2n) is 3.64. The summed E-state index contributed by atoms with van der Waals surface area (Å²) in [5.74, 6) is 0.428. The van der Waals surface area contributed by atoms with Crippen molar-refractivity contribution in [3.05, 3.63) is 0 Å². The van der Waals surface area contributed by atoms with Gasteiger partial charge < -0.3 is 4.74 Å². The molecule has 0 N–H and O–H groups in total. The zero-order valence-corrected chi connectivity index (χ0v) is 8.10. The first-order chi connectivity index (χ1) is 5.20. The van der Waals surface area contributed by atoms with Gasteiger partial charge in [-0.05, 0) is 18.8 Å². The molecule has 1 unspecified atom stereocenters. The monoisotopic (exact) mass is 176 g/mol. The fourth-order valence-corrected chi connectivity index (χ4v) is 1.51. The van der Waals surface area contributed by atoms with Crippen LogP contribution in [0.2, 0.25) is 0 Å². The molecule has 0 heterocycles. The maximum atomic E-state index is 5.97. The summed E-state index contributed by atoms with van der Waals surface area (Å²) in [6, 6.07) is 0. The van der Waals surface area contributed by atoms with Crippen LogP contribution in [0.25, 0.3) is 0 Å². The topological polar surface area (TPSA) is 9.23 Å². The van der Waals surface area contributed by atoms with Crippen molar-refractivity contribution >= 4 is 11.6 Å². The van der Waals surface area contributed by atoms with Gasteiger partial charge in [-0.1, -0.05) is 38.3 Å². The largest absolute Gasteiger partial charge is 0.359 e. The van der Waals surface area contributed by atoms with Crippen molar-refractivity contribution in [3.63, 3.8) is 0 Å². The van der Waals surface area contributed by atoms with Crippen molar-refractivity contribution in [2.45, 2.75) is 51.2 Å². The molecule has 1 nitrogen and oxygen atoms in total. The molecule has 0 aliphatic heterocycles. The van der Waals surface area contributed by atoms with Crippen LogP contribution in [0, 0.1) is 5.92 Å². The second kappa shape index (κ2) is 4.32. The van der Waals surface area contributed by atoms with Gasteiger partial charge in [0, 0.05) is 0 Å². The average molecular weight is 177 g/mol. The highest BCUT2D eigenvalue weighted by atomic mass is 35.5. The summed E-state index contributed by atoms with van der Waals surface area (Å²) in [7, 11) is 0. The Kier molecular flexibility index (Phi) is 3.67. The van der Waals surface area contributed by atoms with E-state index < -0.39 is 0 Å². The minimum absolute atomic E-state index is 0.0851. The Balaban J connectivity index is 2.18. The van der Waals surface area contributed by atoms with Crippen molar-refractivity contribution in [1.29, 1.82) is 0 Å². The summed E-state index contributed by atoms with van der Waals surface area (Å²) in [5.41, 5.74) is -0.0851. The van der Waals surface area contributed by atoms with E-state index in [4.69, 9.17) is 16.3 Å². The van der Waals surface area contributed by atoms with Crippen molar-refractivity contribution < 1.29 is 4.74 Å². The van der Waals surface area contributed by atoms with Crippen molar-refractivity contribution in [3.8, 4) is 0 Å². The molecule has 0 aromatic rings. The molecule has 66 valence electrons. The minimum atomic E-state index is -0.0851. The van der Waals surface area contributed by atoms with Gasteiger partial charge in [-0.15, -0.1) is 0 Å². The highest BCUT2D eigenvalue weighted by Crippen LogP contribution is 2.25. The molecule has 1 rings (SSSR count). The molecule has 0 amide bonds. The summed E-state index contributed by atoms with van der Waals surface area (Å²) in [5, 5.41) is 0. The van der Waals surface area contributed by atoms with E-state index in [0.717, 1.165) is 0 Å². The van der Waals surface area contributed by atoms with Crippen LogP contribution in [0.4, 0.5) is 0 Å². The third kappa shape index (κ3) is 3.00. The van der Waals surface area contributed by atoms with E-state index in [-0.39, 0.29) is 5.56 Å². The smallest absolute Gasteiger partial charge is 0.133 e. The van der Waals surface area contributed by atoms with Crippen LogP contribution in [0.1, 0.15) is 39.5 Å². The van der Waals surface area contributed by atoms with Crippen LogP contribution in [0.15, 0.2) is 0 Å². The molecule has 0 aromatic carbocycles. The molecular formula is C9H17ClO. The average Bonchev–Trinajstić information content (AvgIpc) is 2.39. The molecule has 0 spiro atoms. The van der Waals surface area contributed by atoms with Crippen LogP contribution in [0.3, 0.4) is 0 Å². The van der Waals surface area contributed by atoms with Crippen LogP contribution < -0.4 is 0 Å². The third-order valence-corrected chi connectivity index (χ3v) is 2.76. The molecule has 0 aromatic heterocycles. The molecule has 1 saturated carbocycles. The molecule has 0 bridgehead atoms. The first-order valence-electron chi connectivity index (χ1n) is 4.49. The van der Waals surface area contributed by atoms with Gasteiger partial charge in [0.2, 0.25) is 0 Å². The molecule has 0 saturated heterocycles. The SMILES string of the molecule is CC(C)C(Cl)OC1CCCC1. The van der Waals surface area contributed by atoms with Crippen LogP contribution in [-0.4, -0.2) is 11.7 Å². The van der Waals surface area contributed by atoms with Gasteiger partial charge in [0.05, 0.1) is 6.10 Å². The predicted octanol–water partition coefficient (Wildman–Crippen LogP) is 3.17. The highest BCUT2D eigenvalue weighted by Gasteiger charge is 2.20. The minimum Gasteiger partial charge on any atom is -0.359 e. The molecule has 1 aliphatic carbocycles. The number of ether oxygens (including phenoxy) is 1. The van der Waals surface area contributed by atoms with Gasteiger partial charge in [-0.3, -0.25) is 0 Å². The van der Waals surface area contributed by atoms with Crippen LogP contribution >= 0.6 is 11.6 Å². The summed E-state index contributed by atoms with van der Waals surface area (Å²) in [6.07, 6.45) is 5.48. The van der Waals surface area contributed by atoms with Gasteiger partial charge in [-0.2, -0.15) is 0 Å². The normalized spacial score (nSPS) is 22.9. The number of hydrogen-bond donors (Lipinski definition) is 0. The lowest BCUT2D eigenvalue weighted by atomic mass is 10.2. The summed E-state index contributed by atoms with van der Waals surface area (Å²) < 4.78 is 5.64. The second-order valence-corrected chi connectivity index (χ2v) is 4.07. The Labute approximate surface area is 74.1 Å². The van der Waals surface area contributed by atoms with E-state index in [0.29, 0.717) is 12.0 Å². The summed E-state index contributed by atoms with van der Waals surface area (Å²) in [6.45, 7) is 4.18. The quantitative estimate of drug-likeness (QED) is 0.601. The maximum Gasteiger partial charge on any atom is 0.133 e. The number of hydrogen-bond acceptors (Lipinski definition) is 1.